The Balaban J connectivity index is 1.77. The minimum absolute atomic E-state index is 0.0476. The summed E-state index contributed by atoms with van der Waals surface area (Å²) in [7, 11) is -3.60. The summed E-state index contributed by atoms with van der Waals surface area (Å²) in [6.07, 6.45) is 2.05. The molecule has 1 aromatic heterocycles. The van der Waals surface area contributed by atoms with E-state index in [-0.39, 0.29) is 16.8 Å². The first-order chi connectivity index (χ1) is 12.2. The Labute approximate surface area is 159 Å². The first-order valence-corrected chi connectivity index (χ1v) is 11.0. The van der Waals surface area contributed by atoms with Gasteiger partial charge in [0, 0.05) is 22.0 Å². The van der Waals surface area contributed by atoms with Crippen molar-refractivity contribution in [2.45, 2.75) is 56.6 Å². The van der Waals surface area contributed by atoms with Gasteiger partial charge in [0.05, 0.1) is 11.4 Å². The molecule has 0 saturated heterocycles. The zero-order valence-corrected chi connectivity index (χ0v) is 16.9. The number of carbonyl (C=O) groups is 1. The van der Waals surface area contributed by atoms with Crippen LogP contribution < -0.4 is 4.72 Å². The monoisotopic (exact) mass is 392 g/mol. The first kappa shape index (κ1) is 19.1. The SMILES string of the molecule is CC(C)(C)NS(=O)(=O)c1ccc(C(=O)N(Cc2cccs2)C2CC2)cc1. The van der Waals surface area contributed by atoms with E-state index in [0.717, 1.165) is 17.7 Å². The average Bonchev–Trinajstić information content (AvgIpc) is 3.26. The van der Waals surface area contributed by atoms with E-state index < -0.39 is 15.6 Å². The van der Waals surface area contributed by atoms with E-state index in [4.69, 9.17) is 0 Å². The Morgan fingerprint density at radius 2 is 1.85 bits per heavy atom. The molecule has 1 aliphatic rings. The van der Waals surface area contributed by atoms with Gasteiger partial charge in [0.25, 0.3) is 5.91 Å². The number of carbonyl (C=O) groups excluding carboxylic acids is 1. The number of benzene rings is 1. The van der Waals surface area contributed by atoms with Crippen LogP contribution in [0.4, 0.5) is 0 Å². The zero-order valence-electron chi connectivity index (χ0n) is 15.2. The maximum atomic E-state index is 12.9. The van der Waals surface area contributed by atoms with Gasteiger partial charge in [0.1, 0.15) is 0 Å². The molecule has 3 rings (SSSR count). The van der Waals surface area contributed by atoms with E-state index in [9.17, 15) is 13.2 Å². The highest BCUT2D eigenvalue weighted by Gasteiger charge is 2.33. The Morgan fingerprint density at radius 1 is 1.19 bits per heavy atom. The molecular weight excluding hydrogens is 368 g/mol. The predicted molar refractivity (Wildman–Crippen MR) is 104 cm³/mol. The van der Waals surface area contributed by atoms with Crippen molar-refractivity contribution in [1.82, 2.24) is 9.62 Å². The smallest absolute Gasteiger partial charge is 0.254 e. The topological polar surface area (TPSA) is 66.5 Å². The van der Waals surface area contributed by atoms with Gasteiger partial charge in [-0.3, -0.25) is 4.79 Å². The molecule has 1 aromatic carbocycles. The quantitative estimate of drug-likeness (QED) is 0.816. The molecule has 5 nitrogen and oxygen atoms in total. The fraction of sp³-hybridized carbons (Fsp3) is 0.421. The molecule has 0 unspecified atom stereocenters. The summed E-state index contributed by atoms with van der Waals surface area (Å²) in [6, 6.07) is 10.5. The third-order valence-electron chi connectivity index (χ3n) is 4.01. The van der Waals surface area contributed by atoms with Crippen molar-refractivity contribution in [3.63, 3.8) is 0 Å². The third kappa shape index (κ3) is 4.72. The number of thiophene rings is 1. The lowest BCUT2D eigenvalue weighted by Gasteiger charge is -2.22. The molecule has 1 aliphatic carbocycles. The van der Waals surface area contributed by atoms with Crippen LogP contribution in [-0.2, 0) is 16.6 Å². The second-order valence-corrected chi connectivity index (χ2v) is 10.3. The molecule has 1 N–H and O–H groups in total. The van der Waals surface area contributed by atoms with E-state index in [1.165, 1.54) is 12.1 Å². The summed E-state index contributed by atoms with van der Waals surface area (Å²) in [6.45, 7) is 5.98. The van der Waals surface area contributed by atoms with Crippen molar-refractivity contribution in [3.8, 4) is 0 Å². The number of hydrogen-bond donors (Lipinski definition) is 1. The standard InChI is InChI=1S/C19H24N2O3S2/c1-19(2,3)20-26(23,24)17-10-6-14(7-11-17)18(22)21(15-8-9-15)13-16-5-4-12-25-16/h4-7,10-12,15,20H,8-9,13H2,1-3H3. The van der Waals surface area contributed by atoms with Gasteiger partial charge in [0.2, 0.25) is 10.0 Å². The molecule has 0 aliphatic heterocycles. The molecule has 0 bridgehead atoms. The molecule has 2 aromatic rings. The van der Waals surface area contributed by atoms with Crippen LogP contribution in [0.2, 0.25) is 0 Å². The third-order valence-corrected chi connectivity index (χ3v) is 6.64. The van der Waals surface area contributed by atoms with Crippen LogP contribution in [-0.4, -0.2) is 30.8 Å². The van der Waals surface area contributed by atoms with E-state index in [2.05, 4.69) is 4.72 Å². The highest BCUT2D eigenvalue weighted by Crippen LogP contribution is 2.30. The zero-order chi connectivity index (χ0) is 18.9. The van der Waals surface area contributed by atoms with Crippen LogP contribution in [0.25, 0.3) is 0 Å². The lowest BCUT2D eigenvalue weighted by molar-refractivity contribution is 0.0731. The molecule has 0 radical (unpaired) electrons. The summed E-state index contributed by atoms with van der Waals surface area (Å²) >= 11 is 1.64. The van der Waals surface area contributed by atoms with Gasteiger partial charge in [-0.15, -0.1) is 11.3 Å². The van der Waals surface area contributed by atoms with Crippen molar-refractivity contribution in [2.75, 3.05) is 0 Å². The van der Waals surface area contributed by atoms with Gasteiger partial charge in [-0.05, 0) is 69.3 Å². The van der Waals surface area contributed by atoms with Crippen LogP contribution in [0.3, 0.4) is 0 Å². The molecule has 1 amide bonds. The number of nitrogens with one attached hydrogen (secondary N) is 1. The molecule has 0 atom stereocenters. The number of amides is 1. The highest BCUT2D eigenvalue weighted by molar-refractivity contribution is 7.89. The van der Waals surface area contributed by atoms with Crippen molar-refractivity contribution in [1.29, 1.82) is 0 Å². The molecule has 1 heterocycles. The molecule has 0 spiro atoms. The van der Waals surface area contributed by atoms with Crippen LogP contribution in [0.15, 0.2) is 46.7 Å². The fourth-order valence-corrected chi connectivity index (χ4v) is 4.85. The minimum atomic E-state index is -3.60. The van der Waals surface area contributed by atoms with Gasteiger partial charge in [-0.2, -0.15) is 0 Å². The maximum Gasteiger partial charge on any atom is 0.254 e. The number of rotatable bonds is 6. The second-order valence-electron chi connectivity index (χ2n) is 7.62. The number of hydrogen-bond acceptors (Lipinski definition) is 4. The largest absolute Gasteiger partial charge is 0.331 e. The van der Waals surface area contributed by atoms with Crippen LogP contribution in [0.5, 0.6) is 0 Å². The van der Waals surface area contributed by atoms with Gasteiger partial charge >= 0.3 is 0 Å². The molecule has 26 heavy (non-hydrogen) atoms. The molecule has 1 saturated carbocycles. The molecule has 7 heteroatoms. The average molecular weight is 393 g/mol. The summed E-state index contributed by atoms with van der Waals surface area (Å²) in [5, 5.41) is 2.01. The van der Waals surface area contributed by atoms with Gasteiger partial charge in [0.15, 0.2) is 0 Å². The summed E-state index contributed by atoms with van der Waals surface area (Å²) in [5.41, 5.74) is -0.0419. The van der Waals surface area contributed by atoms with Crippen molar-refractivity contribution in [2.24, 2.45) is 0 Å². The van der Waals surface area contributed by atoms with E-state index in [1.54, 1.807) is 44.2 Å². The Kier molecular flexibility index (Phi) is 5.23. The summed E-state index contributed by atoms with van der Waals surface area (Å²) in [5.74, 6) is -0.0476. The maximum absolute atomic E-state index is 12.9. The van der Waals surface area contributed by atoms with Gasteiger partial charge < -0.3 is 4.90 Å². The van der Waals surface area contributed by atoms with E-state index in [0.29, 0.717) is 12.1 Å². The van der Waals surface area contributed by atoms with Gasteiger partial charge in [-0.1, -0.05) is 6.07 Å². The highest BCUT2D eigenvalue weighted by atomic mass is 32.2. The second kappa shape index (κ2) is 7.13. The normalized spacial score (nSPS) is 15.0. The first-order valence-electron chi connectivity index (χ1n) is 8.63. The number of sulfonamides is 1. The van der Waals surface area contributed by atoms with Crippen molar-refractivity contribution < 1.29 is 13.2 Å². The summed E-state index contributed by atoms with van der Waals surface area (Å²) in [4.78, 5) is 16.1. The predicted octanol–water partition coefficient (Wildman–Crippen LogP) is 3.63. The Bertz CT molecular complexity index is 863. The van der Waals surface area contributed by atoms with Crippen LogP contribution in [0, 0.1) is 0 Å². The molecular formula is C19H24N2O3S2. The number of nitrogens with zero attached hydrogens (tertiary/aromatic N) is 1. The van der Waals surface area contributed by atoms with Crippen molar-refractivity contribution >= 4 is 27.3 Å². The van der Waals surface area contributed by atoms with Crippen LogP contribution in [0.1, 0.15) is 48.8 Å². The fourth-order valence-electron chi connectivity index (χ4n) is 2.73. The molecule has 140 valence electrons. The van der Waals surface area contributed by atoms with E-state index in [1.807, 2.05) is 22.4 Å². The summed E-state index contributed by atoms with van der Waals surface area (Å²) < 4.78 is 27.4. The Hall–Kier alpha value is -1.70. The van der Waals surface area contributed by atoms with E-state index >= 15 is 0 Å². The van der Waals surface area contributed by atoms with Crippen molar-refractivity contribution in [3.05, 3.63) is 52.2 Å². The molecule has 1 fully saturated rings. The lowest BCUT2D eigenvalue weighted by atomic mass is 10.1. The lowest BCUT2D eigenvalue weighted by Crippen LogP contribution is -2.40. The Morgan fingerprint density at radius 3 is 2.35 bits per heavy atom. The minimum Gasteiger partial charge on any atom is -0.331 e. The van der Waals surface area contributed by atoms with Crippen LogP contribution >= 0.6 is 11.3 Å². The van der Waals surface area contributed by atoms with Gasteiger partial charge in [-0.25, -0.2) is 13.1 Å².